The summed E-state index contributed by atoms with van der Waals surface area (Å²) >= 11 is 0. The zero-order valence-electron chi connectivity index (χ0n) is 56.1. The summed E-state index contributed by atoms with van der Waals surface area (Å²) in [5, 5.41) is 57.3. The first-order chi connectivity index (χ1) is 43.2. The Balaban J connectivity index is 2.59. The number of unbranched alkanes of at least 4 members (excludes halogenated alkanes) is 28. The summed E-state index contributed by atoms with van der Waals surface area (Å²) in [5.74, 6) is -1.22. The Hall–Kier alpha value is -3.94. The Bertz CT molecular complexity index is 1900. The number of nitrogens with one attached hydrogen (secondary N) is 1. The fourth-order valence-electron chi connectivity index (χ4n) is 10.5. The molecule has 11 nitrogen and oxygen atoms in total. The van der Waals surface area contributed by atoms with Gasteiger partial charge in [-0.3, -0.25) is 9.59 Å². The van der Waals surface area contributed by atoms with Gasteiger partial charge in [-0.2, -0.15) is 0 Å². The smallest absolute Gasteiger partial charge is 0.306 e. The number of esters is 1. The maximum atomic E-state index is 13.5. The number of rotatable bonds is 60. The van der Waals surface area contributed by atoms with Crippen molar-refractivity contribution in [3.8, 4) is 0 Å². The molecule has 1 saturated heterocycles. The fraction of sp³-hybridized carbons (Fsp3) is 0.714. The number of carbonyl (C=O) groups excluding carboxylic acids is 2. The number of carbonyl (C=O) groups is 2. The van der Waals surface area contributed by atoms with Gasteiger partial charge in [0.2, 0.25) is 5.91 Å². The van der Waals surface area contributed by atoms with E-state index >= 15 is 0 Å². The van der Waals surface area contributed by atoms with Crippen molar-refractivity contribution in [3.05, 3.63) is 122 Å². The second kappa shape index (κ2) is 63.2. The monoisotopic (exact) mass is 1230 g/mol. The van der Waals surface area contributed by atoms with E-state index in [1.807, 2.05) is 6.08 Å². The van der Waals surface area contributed by atoms with Crippen LogP contribution in [0.1, 0.15) is 290 Å². The van der Waals surface area contributed by atoms with E-state index in [0.29, 0.717) is 12.8 Å². The van der Waals surface area contributed by atoms with E-state index in [4.69, 9.17) is 14.2 Å². The average Bonchev–Trinajstić information content (AvgIpc) is 1.36. The molecule has 0 bridgehead atoms. The maximum Gasteiger partial charge on any atom is 0.306 e. The summed E-state index contributed by atoms with van der Waals surface area (Å²) in [7, 11) is 0. The van der Waals surface area contributed by atoms with Crippen LogP contribution in [0.3, 0.4) is 0 Å². The summed E-state index contributed by atoms with van der Waals surface area (Å²) < 4.78 is 17.7. The quantitative estimate of drug-likeness (QED) is 0.0195. The van der Waals surface area contributed by atoms with Crippen molar-refractivity contribution >= 4 is 11.9 Å². The van der Waals surface area contributed by atoms with Crippen LogP contribution in [-0.2, 0) is 23.8 Å². The normalized spacial score (nSPS) is 18.9. The lowest BCUT2D eigenvalue weighted by atomic mass is 9.99. The molecule has 1 amide bonds. The molecular weight excluding hydrogens is 1100 g/mol. The maximum absolute atomic E-state index is 13.5. The number of amides is 1. The van der Waals surface area contributed by atoms with E-state index in [1.165, 1.54) is 116 Å². The van der Waals surface area contributed by atoms with Gasteiger partial charge in [-0.25, -0.2) is 0 Å². The molecule has 8 unspecified atom stereocenters. The van der Waals surface area contributed by atoms with Crippen LogP contribution >= 0.6 is 0 Å². The minimum atomic E-state index is -1.63. The van der Waals surface area contributed by atoms with Crippen molar-refractivity contribution in [1.29, 1.82) is 0 Å². The van der Waals surface area contributed by atoms with E-state index in [0.717, 1.165) is 128 Å². The highest BCUT2D eigenvalue weighted by atomic mass is 16.7. The first kappa shape index (κ1) is 82.1. The average molecular weight is 1230 g/mol. The van der Waals surface area contributed by atoms with Gasteiger partial charge in [0.15, 0.2) is 12.4 Å². The van der Waals surface area contributed by atoms with Gasteiger partial charge < -0.3 is 45.1 Å². The van der Waals surface area contributed by atoms with Crippen molar-refractivity contribution in [2.45, 2.75) is 339 Å². The van der Waals surface area contributed by atoms with E-state index in [-0.39, 0.29) is 19.4 Å². The third-order valence-corrected chi connectivity index (χ3v) is 16.1. The van der Waals surface area contributed by atoms with Crippen LogP contribution in [0, 0.1) is 0 Å². The minimum absolute atomic E-state index is 0.0953. The number of aliphatic hydroxyl groups excluding tert-OH is 5. The fourth-order valence-corrected chi connectivity index (χ4v) is 10.5. The van der Waals surface area contributed by atoms with Crippen LogP contribution < -0.4 is 5.32 Å². The summed E-state index contributed by atoms with van der Waals surface area (Å²) in [5.41, 5.74) is 0. The Morgan fingerprint density at radius 1 is 0.455 bits per heavy atom. The van der Waals surface area contributed by atoms with Crippen LogP contribution in [0.15, 0.2) is 122 Å². The lowest BCUT2D eigenvalue weighted by Crippen LogP contribution is -2.61. The SMILES string of the molecule is CC/C=C\C/C=C\C/C=C\C/C=C\C/C=C\CCCCCCCC(=O)OC1C(OCC(NC(=O)C(O)CCCCCCCCCCCC/C=C\C/C=C\C/C=C\C/C=C\CCCCC)C(O)/C=C/CCCCCCCCCCCC)OC(CO)C(O)C1O. The second-order valence-electron chi connectivity index (χ2n) is 24.2. The molecule has 0 aliphatic carbocycles. The molecule has 504 valence electrons. The summed E-state index contributed by atoms with van der Waals surface area (Å²) in [4.78, 5) is 26.7. The number of hydrogen-bond acceptors (Lipinski definition) is 10. The third-order valence-electron chi connectivity index (χ3n) is 16.1. The van der Waals surface area contributed by atoms with Gasteiger partial charge in [0, 0.05) is 6.42 Å². The van der Waals surface area contributed by atoms with Crippen molar-refractivity contribution in [1.82, 2.24) is 5.32 Å². The van der Waals surface area contributed by atoms with Crippen molar-refractivity contribution in [3.63, 3.8) is 0 Å². The van der Waals surface area contributed by atoms with Gasteiger partial charge in [0.1, 0.15) is 24.4 Å². The first-order valence-corrected chi connectivity index (χ1v) is 35.8. The molecule has 88 heavy (non-hydrogen) atoms. The molecule has 11 heteroatoms. The van der Waals surface area contributed by atoms with Crippen molar-refractivity contribution in [2.75, 3.05) is 13.2 Å². The molecule has 0 aromatic rings. The molecule has 0 saturated carbocycles. The third kappa shape index (κ3) is 49.8. The lowest BCUT2D eigenvalue weighted by Gasteiger charge is -2.41. The number of aliphatic hydroxyl groups is 5. The Morgan fingerprint density at radius 3 is 1.25 bits per heavy atom. The largest absolute Gasteiger partial charge is 0.454 e. The number of hydrogen-bond donors (Lipinski definition) is 6. The standard InChI is InChI=1S/C77H131NO10/c1-4-7-10-13-16-19-22-25-27-29-31-33-34-35-36-37-39-40-42-44-46-49-52-55-58-61-64-70(81)76(85)78-68(69(80)63-60-57-54-51-48-24-21-18-15-12-9-6-3)67-86-77-75(74(84)73(83)71(66-79)87-77)88-72(82)65-62-59-56-53-50-47-45-43-41-38-32-30-28-26-23-20-17-14-11-8-5-2/h8,11,16-17,19-20,25-28,31-33,35-36,38,43,45,60,63,68-71,73-75,77,79-81,83-84H,4-7,9-10,12-15,18,21-24,29-30,34,37,39-42,44,46-59,61-62,64-67H2,1-3H3,(H,78,85)/b11-8-,19-16-,20-17-,27-25-,28-26-,33-31-,36-35-,38-32-,45-43-,63-60+. The van der Waals surface area contributed by atoms with Gasteiger partial charge in [-0.15, -0.1) is 0 Å². The van der Waals surface area contributed by atoms with Crippen LogP contribution in [0.4, 0.5) is 0 Å². The molecule has 1 aliphatic heterocycles. The van der Waals surface area contributed by atoms with Gasteiger partial charge in [0.25, 0.3) is 0 Å². The molecule has 0 aromatic carbocycles. The molecule has 6 N–H and O–H groups in total. The van der Waals surface area contributed by atoms with Gasteiger partial charge in [-0.1, -0.05) is 290 Å². The van der Waals surface area contributed by atoms with Gasteiger partial charge >= 0.3 is 5.97 Å². The molecule has 0 radical (unpaired) electrons. The van der Waals surface area contributed by atoms with E-state index in [2.05, 4.69) is 135 Å². The van der Waals surface area contributed by atoms with Gasteiger partial charge in [-0.05, 0) is 116 Å². The van der Waals surface area contributed by atoms with Crippen LogP contribution in [-0.4, -0.2) is 99.6 Å². The number of ether oxygens (including phenoxy) is 3. The zero-order chi connectivity index (χ0) is 63.9. The van der Waals surface area contributed by atoms with Crippen molar-refractivity contribution in [2.24, 2.45) is 0 Å². The highest BCUT2D eigenvalue weighted by Crippen LogP contribution is 2.26. The zero-order valence-corrected chi connectivity index (χ0v) is 56.1. The van der Waals surface area contributed by atoms with Crippen molar-refractivity contribution < 1.29 is 49.3 Å². The molecule has 0 spiro atoms. The topological polar surface area (TPSA) is 175 Å². The van der Waals surface area contributed by atoms with E-state index in [1.54, 1.807) is 6.08 Å². The molecule has 1 heterocycles. The predicted octanol–water partition coefficient (Wildman–Crippen LogP) is 18.6. The molecular formula is C77H131NO10. The van der Waals surface area contributed by atoms with Crippen LogP contribution in [0.25, 0.3) is 0 Å². The number of allylic oxidation sites excluding steroid dienone is 19. The van der Waals surface area contributed by atoms with Gasteiger partial charge in [0.05, 0.1) is 25.4 Å². The Labute approximate surface area is 538 Å². The molecule has 1 fully saturated rings. The van der Waals surface area contributed by atoms with Crippen LogP contribution in [0.2, 0.25) is 0 Å². The Morgan fingerprint density at radius 2 is 0.818 bits per heavy atom. The second-order valence-corrected chi connectivity index (χ2v) is 24.2. The summed E-state index contributed by atoms with van der Waals surface area (Å²) in [6.45, 7) is 5.65. The molecule has 0 aromatic heterocycles. The Kier molecular flexibility index (Phi) is 59.0. The summed E-state index contributed by atoms with van der Waals surface area (Å²) in [6.07, 6.45) is 78.0. The highest BCUT2D eigenvalue weighted by molar-refractivity contribution is 5.80. The first-order valence-electron chi connectivity index (χ1n) is 35.8. The predicted molar refractivity (Wildman–Crippen MR) is 370 cm³/mol. The lowest BCUT2D eigenvalue weighted by molar-refractivity contribution is -0.305. The van der Waals surface area contributed by atoms with E-state index in [9.17, 15) is 35.1 Å². The molecule has 1 aliphatic rings. The summed E-state index contributed by atoms with van der Waals surface area (Å²) in [6, 6.07) is -1.04. The van der Waals surface area contributed by atoms with Crippen LogP contribution in [0.5, 0.6) is 0 Å². The molecule has 1 rings (SSSR count). The highest BCUT2D eigenvalue weighted by Gasteiger charge is 2.47. The minimum Gasteiger partial charge on any atom is -0.454 e. The van der Waals surface area contributed by atoms with E-state index < -0.39 is 67.4 Å². The molecule has 8 atom stereocenters.